The van der Waals surface area contributed by atoms with Crippen molar-refractivity contribution in [2.24, 2.45) is 0 Å². The molecule has 0 unspecified atom stereocenters. The van der Waals surface area contributed by atoms with Crippen LogP contribution < -0.4 is 5.32 Å². The minimum Gasteiger partial charge on any atom is -0.392 e. The predicted molar refractivity (Wildman–Crippen MR) is 32.8 cm³/mol. The van der Waals surface area contributed by atoms with Crippen molar-refractivity contribution in [1.29, 1.82) is 0 Å². The number of rotatable bonds is 1. The number of amides is 1. The third-order valence-corrected chi connectivity index (χ3v) is 1.45. The molecule has 1 rings (SSSR count). The summed E-state index contributed by atoms with van der Waals surface area (Å²) in [5.41, 5.74) is 1.51. The first-order valence-electron chi connectivity index (χ1n) is 2.83. The summed E-state index contributed by atoms with van der Waals surface area (Å²) in [7, 11) is 0. The number of carbonyl (C=O) groups is 1. The number of carbonyl (C=O) groups excluding carboxylic acids is 1. The molecule has 2 N–H and O–H groups in total. The Morgan fingerprint density at radius 2 is 2.56 bits per heavy atom. The van der Waals surface area contributed by atoms with Gasteiger partial charge in [-0.25, -0.2) is 0 Å². The number of hydrogen-bond acceptors (Lipinski definition) is 2. The Labute approximate surface area is 53.4 Å². The monoisotopic (exact) mass is 127 g/mol. The second-order valence-electron chi connectivity index (χ2n) is 2.10. The highest BCUT2D eigenvalue weighted by Gasteiger charge is 2.20. The van der Waals surface area contributed by atoms with E-state index >= 15 is 0 Å². The standard InChI is InChI=1S/C6H9NO2/c1-4(3-8)5-2-7-6(5)9/h8H,2-3H2,1H3,(H,7,9)/b5-4+. The van der Waals surface area contributed by atoms with Crippen molar-refractivity contribution in [2.45, 2.75) is 6.92 Å². The van der Waals surface area contributed by atoms with E-state index < -0.39 is 0 Å². The normalized spacial score (nSPS) is 22.7. The lowest BCUT2D eigenvalue weighted by Crippen LogP contribution is -2.42. The van der Waals surface area contributed by atoms with E-state index in [2.05, 4.69) is 5.32 Å². The lowest BCUT2D eigenvalue weighted by atomic mass is 10.0. The summed E-state index contributed by atoms with van der Waals surface area (Å²) in [5.74, 6) is -0.0402. The molecule has 1 saturated heterocycles. The van der Waals surface area contributed by atoms with Crippen molar-refractivity contribution in [3.05, 3.63) is 11.1 Å². The average Bonchev–Trinajstić information content (AvgIpc) is 1.84. The Morgan fingerprint density at radius 3 is 2.67 bits per heavy atom. The van der Waals surface area contributed by atoms with Gasteiger partial charge in [0.15, 0.2) is 0 Å². The predicted octanol–water partition coefficient (Wildman–Crippen LogP) is -0.575. The summed E-state index contributed by atoms with van der Waals surface area (Å²) in [6.45, 7) is 2.36. The van der Waals surface area contributed by atoms with E-state index in [9.17, 15) is 4.79 Å². The average molecular weight is 127 g/mol. The van der Waals surface area contributed by atoms with Gasteiger partial charge in [0.05, 0.1) is 6.61 Å². The molecule has 1 fully saturated rings. The molecule has 1 aliphatic rings. The Kier molecular flexibility index (Phi) is 1.53. The molecule has 0 bridgehead atoms. The number of aliphatic hydroxyl groups is 1. The fourth-order valence-corrected chi connectivity index (χ4v) is 0.689. The maximum atomic E-state index is 10.6. The molecule has 1 amide bonds. The van der Waals surface area contributed by atoms with E-state index in [0.29, 0.717) is 6.54 Å². The highest BCUT2D eigenvalue weighted by Crippen LogP contribution is 2.08. The third kappa shape index (κ3) is 0.954. The van der Waals surface area contributed by atoms with Gasteiger partial charge in [0.2, 0.25) is 5.91 Å². The fourth-order valence-electron chi connectivity index (χ4n) is 0.689. The molecule has 0 aliphatic carbocycles. The molecule has 3 heteroatoms. The summed E-state index contributed by atoms with van der Waals surface area (Å²) >= 11 is 0. The van der Waals surface area contributed by atoms with Crippen molar-refractivity contribution in [1.82, 2.24) is 5.32 Å². The van der Waals surface area contributed by atoms with Gasteiger partial charge in [-0.3, -0.25) is 4.79 Å². The zero-order valence-electron chi connectivity index (χ0n) is 5.27. The Morgan fingerprint density at radius 1 is 1.89 bits per heavy atom. The van der Waals surface area contributed by atoms with Gasteiger partial charge in [-0.15, -0.1) is 0 Å². The Balaban J connectivity index is 2.69. The van der Waals surface area contributed by atoms with Crippen molar-refractivity contribution >= 4 is 5.91 Å². The first-order valence-corrected chi connectivity index (χ1v) is 2.83. The van der Waals surface area contributed by atoms with Gasteiger partial charge in [-0.1, -0.05) is 0 Å². The van der Waals surface area contributed by atoms with Crippen molar-refractivity contribution in [3.8, 4) is 0 Å². The van der Waals surface area contributed by atoms with Crippen LogP contribution in [0, 0.1) is 0 Å². The summed E-state index contributed by atoms with van der Waals surface area (Å²) in [5, 5.41) is 11.1. The van der Waals surface area contributed by atoms with Gasteiger partial charge < -0.3 is 10.4 Å². The molecule has 1 heterocycles. The quantitative estimate of drug-likeness (QED) is 0.366. The van der Waals surface area contributed by atoms with Crippen LogP contribution in [0.4, 0.5) is 0 Å². The summed E-state index contributed by atoms with van der Waals surface area (Å²) in [6, 6.07) is 0. The second kappa shape index (κ2) is 2.19. The Hall–Kier alpha value is -0.830. The third-order valence-electron chi connectivity index (χ3n) is 1.45. The molecule has 1 aliphatic heterocycles. The van der Waals surface area contributed by atoms with Gasteiger partial charge in [0.1, 0.15) is 0 Å². The first-order chi connectivity index (χ1) is 4.25. The van der Waals surface area contributed by atoms with Crippen LogP contribution in [-0.2, 0) is 4.79 Å². The molecule has 0 saturated carbocycles. The fraction of sp³-hybridized carbons (Fsp3) is 0.500. The van der Waals surface area contributed by atoms with E-state index in [1.807, 2.05) is 0 Å². The molecule has 0 spiro atoms. The smallest absolute Gasteiger partial charge is 0.249 e. The van der Waals surface area contributed by atoms with E-state index in [0.717, 1.165) is 11.1 Å². The molecular weight excluding hydrogens is 118 g/mol. The van der Waals surface area contributed by atoms with Crippen LogP contribution in [-0.4, -0.2) is 24.2 Å². The largest absolute Gasteiger partial charge is 0.392 e. The Bertz CT molecular complexity index is 172. The summed E-state index contributed by atoms with van der Waals surface area (Å²) in [4.78, 5) is 10.6. The molecule has 3 nitrogen and oxygen atoms in total. The van der Waals surface area contributed by atoms with E-state index in [1.54, 1.807) is 6.92 Å². The minimum atomic E-state index is -0.0402. The minimum absolute atomic E-state index is 0.0112. The molecule has 0 aromatic carbocycles. The lowest BCUT2D eigenvalue weighted by molar-refractivity contribution is -0.120. The zero-order valence-corrected chi connectivity index (χ0v) is 5.27. The second-order valence-corrected chi connectivity index (χ2v) is 2.10. The van der Waals surface area contributed by atoms with Crippen LogP contribution in [0.2, 0.25) is 0 Å². The highest BCUT2D eigenvalue weighted by molar-refractivity contribution is 6.00. The van der Waals surface area contributed by atoms with Crippen LogP contribution in [0.5, 0.6) is 0 Å². The molecule has 9 heavy (non-hydrogen) atoms. The van der Waals surface area contributed by atoms with Gasteiger partial charge in [-0.05, 0) is 12.5 Å². The van der Waals surface area contributed by atoms with E-state index in [-0.39, 0.29) is 12.5 Å². The van der Waals surface area contributed by atoms with Crippen molar-refractivity contribution in [2.75, 3.05) is 13.2 Å². The molecule has 50 valence electrons. The summed E-state index contributed by atoms with van der Waals surface area (Å²) < 4.78 is 0. The molecule has 0 aromatic heterocycles. The summed E-state index contributed by atoms with van der Waals surface area (Å²) in [6.07, 6.45) is 0. The highest BCUT2D eigenvalue weighted by atomic mass is 16.3. The van der Waals surface area contributed by atoms with E-state index in [1.165, 1.54) is 0 Å². The number of nitrogens with one attached hydrogen (secondary N) is 1. The molecule has 0 atom stereocenters. The SMILES string of the molecule is C/C(CO)=C1/CNC1=O. The zero-order chi connectivity index (χ0) is 6.85. The van der Waals surface area contributed by atoms with Gasteiger partial charge in [0, 0.05) is 12.1 Å². The van der Waals surface area contributed by atoms with Crippen molar-refractivity contribution in [3.63, 3.8) is 0 Å². The topological polar surface area (TPSA) is 49.3 Å². The van der Waals surface area contributed by atoms with Crippen LogP contribution in [0.3, 0.4) is 0 Å². The van der Waals surface area contributed by atoms with Crippen LogP contribution in [0.25, 0.3) is 0 Å². The van der Waals surface area contributed by atoms with Crippen LogP contribution >= 0.6 is 0 Å². The lowest BCUT2D eigenvalue weighted by Gasteiger charge is -2.19. The number of aliphatic hydroxyl groups excluding tert-OH is 1. The molecule has 0 aromatic rings. The van der Waals surface area contributed by atoms with E-state index in [4.69, 9.17) is 5.11 Å². The van der Waals surface area contributed by atoms with Crippen molar-refractivity contribution < 1.29 is 9.90 Å². The number of hydrogen-bond donors (Lipinski definition) is 2. The van der Waals surface area contributed by atoms with Crippen LogP contribution in [0.1, 0.15) is 6.92 Å². The van der Waals surface area contributed by atoms with Gasteiger partial charge in [0.25, 0.3) is 0 Å². The van der Waals surface area contributed by atoms with Gasteiger partial charge >= 0.3 is 0 Å². The molecule has 0 radical (unpaired) electrons. The van der Waals surface area contributed by atoms with Gasteiger partial charge in [-0.2, -0.15) is 0 Å². The maximum Gasteiger partial charge on any atom is 0.249 e. The number of β-lactam (4-membered cyclic amide) rings is 1. The first kappa shape index (κ1) is 6.29. The maximum absolute atomic E-state index is 10.6. The molecular formula is C6H9NO2. The van der Waals surface area contributed by atoms with Crippen LogP contribution in [0.15, 0.2) is 11.1 Å².